The van der Waals surface area contributed by atoms with Crippen LogP contribution in [-0.4, -0.2) is 57.4 Å². The monoisotopic (exact) mass is 396 g/mol. The zero-order valence-corrected chi connectivity index (χ0v) is 16.5. The molecule has 0 heterocycles. The smallest absolute Gasteiger partial charge is 0.409 e. The summed E-state index contributed by atoms with van der Waals surface area (Å²) in [6, 6.07) is 3.99. The van der Waals surface area contributed by atoms with Gasteiger partial charge in [0.25, 0.3) is 0 Å². The third kappa shape index (κ3) is 6.33. The predicted octanol–water partition coefficient (Wildman–Crippen LogP) is 1.70. The molecular weight excluding hydrogens is 368 g/mol. The number of nitrogens with zero attached hydrogens (tertiary/aromatic N) is 1. The van der Waals surface area contributed by atoms with E-state index in [4.69, 9.17) is 10.5 Å². The van der Waals surface area contributed by atoms with Gasteiger partial charge in [-0.2, -0.15) is 0 Å². The van der Waals surface area contributed by atoms with Gasteiger partial charge in [-0.3, -0.25) is 9.59 Å². The lowest BCUT2D eigenvalue weighted by atomic mass is 9.83. The minimum absolute atomic E-state index is 0.0275. The summed E-state index contributed by atoms with van der Waals surface area (Å²) < 4.78 is 4.79. The maximum absolute atomic E-state index is 12.2. The van der Waals surface area contributed by atoms with Gasteiger partial charge in [0.2, 0.25) is 5.91 Å². The number of hydrogen-bond acceptors (Lipinski definition) is 6. The van der Waals surface area contributed by atoms with Crippen molar-refractivity contribution >= 4 is 18.0 Å². The number of aromatic hydroxyl groups is 2. The van der Waals surface area contributed by atoms with Crippen LogP contribution < -0.4 is 5.73 Å². The average molecular weight is 396 g/mol. The number of methoxy groups -OCH3 is 1. The molecule has 0 radical (unpaired) electrons. The lowest BCUT2D eigenvalue weighted by molar-refractivity contribution is -0.144. The number of amides is 2. The third-order valence-corrected chi connectivity index (χ3v) is 4.47. The molecule has 9 nitrogen and oxygen atoms in total. The number of phenols is 2. The second kappa shape index (κ2) is 9.29. The minimum atomic E-state index is -1.17. The standard InChI is InChI=1S/C19H28N2O7/c1-19(2,3)21(18(27)28-4)10-12(9-16(20)24)13(17(25)26)7-11-5-6-14(22)15(23)8-11/h5-6,8,12-13,22-23H,7,9-10H2,1-4H3,(H2,20,24)(H,25,26). The van der Waals surface area contributed by atoms with Crippen LogP contribution >= 0.6 is 0 Å². The van der Waals surface area contributed by atoms with Crippen LogP contribution in [0.15, 0.2) is 18.2 Å². The number of aliphatic carboxylic acids is 1. The van der Waals surface area contributed by atoms with Gasteiger partial charge in [-0.15, -0.1) is 0 Å². The van der Waals surface area contributed by atoms with Crippen LogP contribution in [0, 0.1) is 11.8 Å². The highest BCUT2D eigenvalue weighted by atomic mass is 16.5. The van der Waals surface area contributed by atoms with Gasteiger partial charge >= 0.3 is 12.1 Å². The van der Waals surface area contributed by atoms with Gasteiger partial charge in [0.15, 0.2) is 11.5 Å². The second-order valence-electron chi connectivity index (χ2n) is 7.65. The number of primary amides is 1. The van der Waals surface area contributed by atoms with Crippen LogP contribution in [0.2, 0.25) is 0 Å². The number of carboxylic acid groups (broad SMARTS) is 1. The molecule has 0 saturated heterocycles. The lowest BCUT2D eigenvalue weighted by Crippen LogP contribution is -2.50. The molecular formula is C19H28N2O7. The maximum atomic E-state index is 12.2. The van der Waals surface area contributed by atoms with E-state index in [1.807, 2.05) is 0 Å². The van der Waals surface area contributed by atoms with E-state index in [-0.39, 0.29) is 30.9 Å². The summed E-state index contributed by atoms with van der Waals surface area (Å²) in [5.74, 6) is -4.41. The largest absolute Gasteiger partial charge is 0.504 e. The highest BCUT2D eigenvalue weighted by molar-refractivity contribution is 5.77. The van der Waals surface area contributed by atoms with E-state index in [1.165, 1.54) is 30.2 Å². The van der Waals surface area contributed by atoms with Gasteiger partial charge in [-0.05, 0) is 50.8 Å². The lowest BCUT2D eigenvalue weighted by Gasteiger charge is -2.38. The summed E-state index contributed by atoms with van der Waals surface area (Å²) >= 11 is 0. The molecule has 1 aromatic rings. The number of carboxylic acids is 1. The SMILES string of the molecule is COC(=O)N(CC(CC(N)=O)C(Cc1ccc(O)c(O)c1)C(=O)O)C(C)(C)C. The van der Waals surface area contributed by atoms with E-state index in [1.54, 1.807) is 20.8 Å². The fourth-order valence-corrected chi connectivity index (χ4v) is 2.96. The topological polar surface area (TPSA) is 150 Å². The highest BCUT2D eigenvalue weighted by Gasteiger charge is 2.36. The molecule has 28 heavy (non-hydrogen) atoms. The molecule has 0 spiro atoms. The van der Waals surface area contributed by atoms with Crippen LogP contribution in [0.5, 0.6) is 11.5 Å². The van der Waals surface area contributed by atoms with Crippen LogP contribution in [0.4, 0.5) is 4.79 Å². The molecule has 0 aliphatic rings. The summed E-state index contributed by atoms with van der Waals surface area (Å²) in [5, 5.41) is 28.8. The molecule has 1 aromatic carbocycles. The molecule has 0 bridgehead atoms. The van der Waals surface area contributed by atoms with Crippen molar-refractivity contribution in [3.8, 4) is 11.5 Å². The van der Waals surface area contributed by atoms with Gasteiger partial charge in [-0.25, -0.2) is 4.79 Å². The number of nitrogens with two attached hydrogens (primary N) is 1. The van der Waals surface area contributed by atoms with Crippen molar-refractivity contribution in [3.05, 3.63) is 23.8 Å². The molecule has 156 valence electrons. The summed E-state index contributed by atoms with van der Waals surface area (Å²) in [4.78, 5) is 37.1. The van der Waals surface area contributed by atoms with Crippen molar-refractivity contribution in [2.75, 3.05) is 13.7 Å². The fourth-order valence-electron chi connectivity index (χ4n) is 2.96. The van der Waals surface area contributed by atoms with Gasteiger partial charge in [-0.1, -0.05) is 6.07 Å². The van der Waals surface area contributed by atoms with E-state index in [2.05, 4.69) is 0 Å². The number of rotatable bonds is 8. The van der Waals surface area contributed by atoms with Crippen molar-refractivity contribution in [2.24, 2.45) is 17.6 Å². The van der Waals surface area contributed by atoms with E-state index in [9.17, 15) is 29.7 Å². The molecule has 9 heteroatoms. The second-order valence-corrected chi connectivity index (χ2v) is 7.65. The number of ether oxygens (including phenoxy) is 1. The molecule has 0 saturated carbocycles. The normalized spacial score (nSPS) is 13.4. The predicted molar refractivity (Wildman–Crippen MR) is 101 cm³/mol. The quantitative estimate of drug-likeness (QED) is 0.488. The van der Waals surface area contributed by atoms with Crippen molar-refractivity contribution in [3.63, 3.8) is 0 Å². The van der Waals surface area contributed by atoms with Gasteiger partial charge in [0.1, 0.15) is 0 Å². The first-order valence-corrected chi connectivity index (χ1v) is 8.74. The third-order valence-electron chi connectivity index (χ3n) is 4.47. The Morgan fingerprint density at radius 3 is 2.21 bits per heavy atom. The number of hydrogen-bond donors (Lipinski definition) is 4. The fraction of sp³-hybridized carbons (Fsp3) is 0.526. The van der Waals surface area contributed by atoms with E-state index in [0.29, 0.717) is 5.56 Å². The molecule has 2 amide bonds. The van der Waals surface area contributed by atoms with Crippen molar-refractivity contribution in [1.82, 2.24) is 4.90 Å². The summed E-state index contributed by atoms with van der Waals surface area (Å²) in [6.45, 7) is 5.23. The first-order chi connectivity index (χ1) is 12.9. The number of carbonyl (C=O) groups excluding carboxylic acids is 2. The van der Waals surface area contributed by atoms with Crippen molar-refractivity contribution in [1.29, 1.82) is 0 Å². The number of benzene rings is 1. The van der Waals surface area contributed by atoms with Crippen molar-refractivity contribution in [2.45, 2.75) is 39.2 Å². The minimum Gasteiger partial charge on any atom is -0.504 e. The van der Waals surface area contributed by atoms with Gasteiger partial charge in [0, 0.05) is 18.5 Å². The van der Waals surface area contributed by atoms with Crippen LogP contribution in [0.1, 0.15) is 32.8 Å². The van der Waals surface area contributed by atoms with E-state index in [0.717, 1.165) is 0 Å². The highest BCUT2D eigenvalue weighted by Crippen LogP contribution is 2.30. The molecule has 2 atom stereocenters. The number of phenolic OH excluding ortho intramolecular Hbond substituents is 2. The first kappa shape index (κ1) is 23.1. The molecule has 0 aliphatic carbocycles. The Labute approximate surface area is 163 Å². The van der Waals surface area contributed by atoms with Crippen LogP contribution in [0.3, 0.4) is 0 Å². The Hall–Kier alpha value is -2.97. The Morgan fingerprint density at radius 2 is 1.79 bits per heavy atom. The van der Waals surface area contributed by atoms with E-state index >= 15 is 0 Å². The first-order valence-electron chi connectivity index (χ1n) is 8.74. The molecule has 0 fully saturated rings. The number of carbonyl (C=O) groups is 3. The molecule has 1 rings (SSSR count). The van der Waals surface area contributed by atoms with E-state index < -0.39 is 35.3 Å². The molecule has 0 aliphatic heterocycles. The Morgan fingerprint density at radius 1 is 1.18 bits per heavy atom. The van der Waals surface area contributed by atoms with Crippen LogP contribution in [-0.2, 0) is 20.7 Å². The molecule has 0 aromatic heterocycles. The Balaban J connectivity index is 3.23. The molecule has 2 unspecified atom stereocenters. The average Bonchev–Trinajstić information content (AvgIpc) is 2.57. The van der Waals surface area contributed by atoms with Gasteiger partial charge < -0.3 is 30.7 Å². The zero-order valence-electron chi connectivity index (χ0n) is 16.5. The van der Waals surface area contributed by atoms with Gasteiger partial charge in [0.05, 0.1) is 13.0 Å². The van der Waals surface area contributed by atoms with Crippen LogP contribution in [0.25, 0.3) is 0 Å². The maximum Gasteiger partial charge on any atom is 0.409 e. The van der Waals surface area contributed by atoms with Crippen molar-refractivity contribution < 1.29 is 34.4 Å². The summed E-state index contributed by atoms with van der Waals surface area (Å²) in [5.41, 5.74) is 5.10. The Bertz CT molecular complexity index is 727. The molecule has 5 N–H and O–H groups in total. The summed E-state index contributed by atoms with van der Waals surface area (Å²) in [7, 11) is 1.22. The summed E-state index contributed by atoms with van der Waals surface area (Å²) in [6.07, 6.45) is -0.918. The zero-order chi connectivity index (χ0) is 21.6. The Kier molecular flexibility index (Phi) is 7.66.